The molecule has 0 saturated carbocycles. The van der Waals surface area contributed by atoms with Gasteiger partial charge in [-0.2, -0.15) is 0 Å². The molecule has 0 fully saturated rings. The quantitative estimate of drug-likeness (QED) is 0.0564. The number of aromatic carboxylic acids is 1. The first-order valence-electron chi connectivity index (χ1n) is 17.2. The van der Waals surface area contributed by atoms with E-state index in [0.717, 1.165) is 64.3 Å². The minimum absolute atomic E-state index is 0.198. The van der Waals surface area contributed by atoms with Gasteiger partial charge in [-0.25, -0.2) is 9.86 Å². The highest BCUT2D eigenvalue weighted by molar-refractivity contribution is 7.94. The summed E-state index contributed by atoms with van der Waals surface area (Å²) in [6.07, 6.45) is 14.8. The van der Waals surface area contributed by atoms with Crippen molar-refractivity contribution in [3.63, 3.8) is 0 Å². The lowest BCUT2D eigenvalue weighted by molar-refractivity contribution is -0.163. The molecule has 0 spiro atoms. The number of carboxylic acid groups (broad SMARTS) is 1. The molecule has 53 heavy (non-hydrogen) atoms. The molecule has 0 bridgehead atoms. The zero-order valence-corrected chi connectivity index (χ0v) is 32.9. The predicted octanol–water partition coefficient (Wildman–Crippen LogP) is 8.22. The number of hydrogen-bond donors (Lipinski definition) is 4. The van der Waals surface area contributed by atoms with Crippen LogP contribution in [0, 0.1) is 5.41 Å². The van der Waals surface area contributed by atoms with Crippen molar-refractivity contribution in [2.24, 2.45) is 10.4 Å². The fourth-order valence-corrected chi connectivity index (χ4v) is 7.88. The average molecular weight is 779 g/mol. The Morgan fingerprint density at radius 2 is 1.68 bits per heavy atom. The van der Waals surface area contributed by atoms with E-state index in [2.05, 4.69) is 36.6 Å². The number of hydroxylamine groups is 2. The molecule has 282 valence electrons. The van der Waals surface area contributed by atoms with E-state index < -0.39 is 16.8 Å². The molecule has 11 nitrogen and oxygen atoms in total. The van der Waals surface area contributed by atoms with E-state index in [1.807, 2.05) is 66.9 Å². The van der Waals surface area contributed by atoms with Gasteiger partial charge in [-0.05, 0) is 109 Å². The molecule has 0 aromatic heterocycles. The molecule has 2 unspecified atom stereocenters. The van der Waals surface area contributed by atoms with Crippen LogP contribution in [-0.2, 0) is 15.0 Å². The fourth-order valence-electron chi connectivity index (χ4n) is 7.06. The van der Waals surface area contributed by atoms with E-state index in [-0.39, 0.29) is 17.6 Å². The highest BCUT2D eigenvalue weighted by atomic mass is 32.2. The summed E-state index contributed by atoms with van der Waals surface area (Å²) in [5.41, 5.74) is 5.25. The maximum atomic E-state index is 13.1. The number of anilines is 1. The van der Waals surface area contributed by atoms with Crippen LogP contribution in [0.25, 0.3) is 0 Å². The average Bonchev–Trinajstić information content (AvgIpc) is 3.56. The Hall–Kier alpha value is -3.76. The number of carbonyl (C=O) groups is 2. The van der Waals surface area contributed by atoms with E-state index in [4.69, 9.17) is 9.83 Å². The normalized spacial score (nSPS) is 21.2. The second-order valence-corrected chi connectivity index (χ2v) is 15.5. The number of carbonyl (C=O) groups excluding carboxylic acids is 1. The summed E-state index contributed by atoms with van der Waals surface area (Å²) in [6.45, 7) is 7.55. The van der Waals surface area contributed by atoms with Gasteiger partial charge >= 0.3 is 5.97 Å². The molecule has 3 aliphatic heterocycles. The highest BCUT2D eigenvalue weighted by Gasteiger charge is 2.45. The molecule has 0 saturated heterocycles. The first kappa shape index (κ1) is 40.4. The third kappa shape index (κ3) is 8.34. The number of rotatable bonds is 16. The second kappa shape index (κ2) is 17.6. The predicted molar refractivity (Wildman–Crippen MR) is 216 cm³/mol. The van der Waals surface area contributed by atoms with E-state index in [9.17, 15) is 28.4 Å². The minimum Gasteiger partial charge on any atom is -0.478 e. The van der Waals surface area contributed by atoms with Crippen molar-refractivity contribution in [2.75, 3.05) is 43.7 Å². The third-order valence-electron chi connectivity index (χ3n) is 10.1. The molecule has 5 rings (SSSR count). The molecule has 1 amide bonds. The van der Waals surface area contributed by atoms with Crippen molar-refractivity contribution in [2.45, 2.75) is 50.1 Å². The van der Waals surface area contributed by atoms with Crippen LogP contribution < -0.4 is 4.90 Å². The molecule has 2 aromatic carbocycles. The molecular weight excluding hydrogens is 733 g/mol. The van der Waals surface area contributed by atoms with Crippen LogP contribution in [0.1, 0.15) is 55.1 Å². The van der Waals surface area contributed by atoms with Crippen LogP contribution in [0.3, 0.4) is 0 Å². The van der Waals surface area contributed by atoms with Crippen molar-refractivity contribution in [1.29, 1.82) is 0 Å². The summed E-state index contributed by atoms with van der Waals surface area (Å²) < 4.78 is 28.8. The first-order chi connectivity index (χ1) is 25.4. The van der Waals surface area contributed by atoms with Gasteiger partial charge in [0.05, 0.1) is 23.7 Å². The summed E-state index contributed by atoms with van der Waals surface area (Å²) in [7, 11) is 3.03. The Morgan fingerprint density at radius 1 is 0.981 bits per heavy atom. The Kier molecular flexibility index (Phi) is 13.4. The summed E-state index contributed by atoms with van der Waals surface area (Å²) in [6, 6.07) is 12.8. The molecule has 2 atom stereocenters. The van der Waals surface area contributed by atoms with Gasteiger partial charge < -0.3 is 28.6 Å². The zero-order valence-electron chi connectivity index (χ0n) is 30.4. The minimum atomic E-state index is -0.996. The number of hydrogen-bond acceptors (Lipinski definition) is 12. The van der Waals surface area contributed by atoms with E-state index in [0.29, 0.717) is 53.5 Å². The van der Waals surface area contributed by atoms with E-state index in [1.54, 1.807) is 19.2 Å². The maximum absolute atomic E-state index is 13.1. The van der Waals surface area contributed by atoms with Gasteiger partial charge in [-0.15, -0.1) is 0 Å². The van der Waals surface area contributed by atoms with E-state index >= 15 is 0 Å². The van der Waals surface area contributed by atoms with Gasteiger partial charge in [-0.1, -0.05) is 44.2 Å². The Bertz CT molecular complexity index is 1870. The number of amides is 1. The van der Waals surface area contributed by atoms with Crippen LogP contribution in [0.4, 0.5) is 5.69 Å². The molecular formula is C39H46N4O7S3. The van der Waals surface area contributed by atoms with Crippen LogP contribution in [0.5, 0.6) is 0 Å². The van der Waals surface area contributed by atoms with Crippen molar-refractivity contribution in [3.05, 3.63) is 119 Å². The summed E-state index contributed by atoms with van der Waals surface area (Å²) in [4.78, 5) is 40.1. The zero-order chi connectivity index (χ0) is 38.3. The largest absolute Gasteiger partial charge is 0.478 e. The Labute approximate surface area is 324 Å². The van der Waals surface area contributed by atoms with Gasteiger partial charge in [-0.3, -0.25) is 14.6 Å². The molecule has 4 N–H and O–H groups in total. The molecule has 0 radical (unpaired) electrons. The van der Waals surface area contributed by atoms with Gasteiger partial charge in [0.15, 0.2) is 0 Å². The van der Waals surface area contributed by atoms with Crippen LogP contribution in [-0.4, -0.2) is 91.2 Å². The lowest BCUT2D eigenvalue weighted by Crippen LogP contribution is -2.38. The van der Waals surface area contributed by atoms with Crippen molar-refractivity contribution >= 4 is 59.4 Å². The Balaban J connectivity index is 1.49. The Morgan fingerprint density at radius 3 is 2.32 bits per heavy atom. The number of fused-ring (bicyclic) bond motifs is 2. The monoisotopic (exact) mass is 778 g/mol. The fraction of sp³-hybridized carbons (Fsp3) is 0.359. The smallest absolute Gasteiger partial charge is 0.335 e. The summed E-state index contributed by atoms with van der Waals surface area (Å²) in [5, 5.41) is 10.8. The third-order valence-corrected chi connectivity index (χ3v) is 11.5. The van der Waals surface area contributed by atoms with Crippen molar-refractivity contribution in [3.8, 4) is 0 Å². The maximum Gasteiger partial charge on any atom is 0.335 e. The second-order valence-electron chi connectivity index (χ2n) is 13.5. The molecule has 14 heteroatoms. The molecule has 3 heterocycles. The van der Waals surface area contributed by atoms with Crippen LogP contribution >= 0.6 is 36.1 Å². The summed E-state index contributed by atoms with van der Waals surface area (Å²) >= 11 is 2.29. The van der Waals surface area contributed by atoms with Crippen LogP contribution in [0.15, 0.2) is 112 Å². The van der Waals surface area contributed by atoms with Crippen molar-refractivity contribution in [1.82, 2.24) is 9.96 Å². The SMILES string of the molecule is CON(C)C(=O)C1=CN(CCCSO)C2N=C(/C=C/C=C/C=C3/N(CCCSO)c4ccc(SO)cc4C3(C)c3ccc(C(=O)O)cc3)C(C)(C)C2=C1. The molecule has 2 aromatic rings. The molecule has 3 aliphatic rings. The van der Waals surface area contributed by atoms with E-state index in [1.165, 1.54) is 12.2 Å². The number of benzene rings is 2. The lowest BCUT2D eigenvalue weighted by atomic mass is 9.75. The highest BCUT2D eigenvalue weighted by Crippen LogP contribution is 2.52. The lowest BCUT2D eigenvalue weighted by Gasteiger charge is -2.34. The topological polar surface area (TPSA) is 146 Å². The number of allylic oxidation sites excluding steroid dienone is 6. The number of likely N-dealkylation sites (N-methyl/N-ethyl adjacent to an activating group) is 1. The number of aliphatic imine (C=N–C) groups is 1. The van der Waals surface area contributed by atoms with Crippen molar-refractivity contribution < 1.29 is 33.2 Å². The summed E-state index contributed by atoms with van der Waals surface area (Å²) in [5.74, 6) is -0.128. The first-order valence-corrected chi connectivity index (χ1v) is 19.8. The van der Waals surface area contributed by atoms with Gasteiger partial charge in [0.2, 0.25) is 0 Å². The standard InChI is InChI=1S/C39H46N4O7S3/c1-38(2)31-23-27(36(44)41(4)50-5)25-42(19-9-21-51-47)35(31)40-33(38)11-7-6-8-12-34-39(3,28-15-13-26(14-16-28)37(45)46)30-24-29(53-49)17-18-32(30)43(34)20-10-22-52-48/h6-8,11-18,23-25,35,47-49H,9-10,19-22H2,1-5H3,(H,45,46)/b8-6+,11-7+,34-12+. The van der Waals surface area contributed by atoms with Gasteiger partial charge in [0, 0.05) is 77.3 Å². The van der Waals surface area contributed by atoms with Gasteiger partial charge in [0.25, 0.3) is 5.91 Å². The van der Waals surface area contributed by atoms with Gasteiger partial charge in [0.1, 0.15) is 6.17 Å². The molecule has 0 aliphatic carbocycles. The number of nitrogens with zero attached hydrogens (tertiary/aromatic N) is 4. The van der Waals surface area contributed by atoms with Crippen LogP contribution in [0.2, 0.25) is 0 Å². The number of carboxylic acids is 1.